The summed E-state index contributed by atoms with van der Waals surface area (Å²) in [7, 11) is 1.37. The Morgan fingerprint density at radius 3 is 2.64 bits per heavy atom. The van der Waals surface area contributed by atoms with Crippen LogP contribution in [0.4, 0.5) is 18.9 Å². The summed E-state index contributed by atoms with van der Waals surface area (Å²) in [6.45, 7) is 0. The third-order valence-electron chi connectivity index (χ3n) is 2.52. The lowest BCUT2D eigenvalue weighted by atomic mass is 10.3. The van der Waals surface area contributed by atoms with E-state index in [9.17, 15) is 22.8 Å². The molecular formula is C13H10F3N3O3. The van der Waals surface area contributed by atoms with Gasteiger partial charge in [-0.15, -0.1) is 13.2 Å². The fourth-order valence-corrected chi connectivity index (χ4v) is 1.59. The first-order chi connectivity index (χ1) is 10.2. The van der Waals surface area contributed by atoms with Crippen molar-refractivity contribution in [1.82, 2.24) is 9.78 Å². The Hall–Kier alpha value is -2.84. The number of nitrogens with one attached hydrogen (secondary N) is 1. The van der Waals surface area contributed by atoms with Crippen molar-refractivity contribution in [3.05, 3.63) is 52.4 Å². The van der Waals surface area contributed by atoms with Gasteiger partial charge in [0.25, 0.3) is 11.5 Å². The summed E-state index contributed by atoms with van der Waals surface area (Å²) in [5.74, 6) is -1.13. The molecule has 116 valence electrons. The molecule has 0 unspecified atom stereocenters. The number of alkyl halides is 3. The lowest BCUT2D eigenvalue weighted by Crippen LogP contribution is -2.23. The molecular weight excluding hydrogens is 303 g/mol. The van der Waals surface area contributed by atoms with E-state index < -0.39 is 23.6 Å². The number of hydrogen-bond donors (Lipinski definition) is 1. The SMILES string of the molecule is Cn1nc(C(=O)Nc2cccc(OC(F)(F)F)c2)ccc1=O. The molecule has 0 saturated carbocycles. The average molecular weight is 313 g/mol. The van der Waals surface area contributed by atoms with Gasteiger partial charge in [0, 0.05) is 24.9 Å². The maximum atomic E-state index is 12.1. The van der Waals surface area contributed by atoms with Crippen molar-refractivity contribution < 1.29 is 22.7 Å². The smallest absolute Gasteiger partial charge is 0.406 e. The third-order valence-corrected chi connectivity index (χ3v) is 2.52. The van der Waals surface area contributed by atoms with Crippen LogP contribution in [0.25, 0.3) is 0 Å². The number of aromatic nitrogens is 2. The van der Waals surface area contributed by atoms with Gasteiger partial charge in [-0.05, 0) is 18.2 Å². The van der Waals surface area contributed by atoms with Crippen LogP contribution in [-0.2, 0) is 7.05 Å². The molecule has 0 atom stereocenters. The van der Waals surface area contributed by atoms with Gasteiger partial charge < -0.3 is 10.1 Å². The van der Waals surface area contributed by atoms with Gasteiger partial charge in [0.1, 0.15) is 11.4 Å². The Morgan fingerprint density at radius 1 is 1.27 bits per heavy atom. The molecule has 9 heteroatoms. The molecule has 2 aromatic rings. The van der Waals surface area contributed by atoms with Crippen LogP contribution in [0.3, 0.4) is 0 Å². The second kappa shape index (κ2) is 5.88. The maximum absolute atomic E-state index is 12.1. The van der Waals surface area contributed by atoms with E-state index in [1.807, 2.05) is 0 Å². The first-order valence-corrected chi connectivity index (χ1v) is 5.96. The van der Waals surface area contributed by atoms with Gasteiger partial charge >= 0.3 is 6.36 Å². The highest BCUT2D eigenvalue weighted by atomic mass is 19.4. The Balaban J connectivity index is 2.16. The predicted molar refractivity (Wildman–Crippen MR) is 70.6 cm³/mol. The zero-order valence-electron chi connectivity index (χ0n) is 11.2. The quantitative estimate of drug-likeness (QED) is 0.940. The van der Waals surface area contributed by atoms with E-state index in [2.05, 4.69) is 15.2 Å². The molecule has 0 saturated heterocycles. The Morgan fingerprint density at radius 2 is 2.00 bits per heavy atom. The molecule has 1 amide bonds. The van der Waals surface area contributed by atoms with E-state index in [4.69, 9.17) is 0 Å². The molecule has 1 aromatic heterocycles. The average Bonchev–Trinajstić information content (AvgIpc) is 2.40. The van der Waals surface area contributed by atoms with Crippen LogP contribution < -0.4 is 15.6 Å². The van der Waals surface area contributed by atoms with Crippen molar-refractivity contribution >= 4 is 11.6 Å². The van der Waals surface area contributed by atoms with Gasteiger partial charge in [-0.25, -0.2) is 4.68 Å². The van der Waals surface area contributed by atoms with Crippen molar-refractivity contribution in [2.24, 2.45) is 7.05 Å². The first-order valence-electron chi connectivity index (χ1n) is 5.96. The van der Waals surface area contributed by atoms with Gasteiger partial charge in [0.2, 0.25) is 0 Å². The number of nitrogens with zero attached hydrogens (tertiary/aromatic N) is 2. The van der Waals surface area contributed by atoms with Crippen LogP contribution in [0, 0.1) is 0 Å². The van der Waals surface area contributed by atoms with Crippen LogP contribution in [0.1, 0.15) is 10.5 Å². The molecule has 0 radical (unpaired) electrons. The Bertz CT molecular complexity index is 756. The number of carbonyl (C=O) groups excluding carboxylic acids is 1. The normalized spacial score (nSPS) is 11.1. The zero-order chi connectivity index (χ0) is 16.3. The number of benzene rings is 1. The minimum Gasteiger partial charge on any atom is -0.406 e. The monoisotopic (exact) mass is 313 g/mol. The number of hydrogen-bond acceptors (Lipinski definition) is 4. The van der Waals surface area contributed by atoms with E-state index in [0.29, 0.717) is 0 Å². The van der Waals surface area contributed by atoms with Gasteiger partial charge in [0.05, 0.1) is 0 Å². The standard InChI is InChI=1S/C13H10F3N3O3/c1-19-11(20)6-5-10(18-19)12(21)17-8-3-2-4-9(7-8)22-13(14,15)16/h2-7H,1H3,(H,17,21). The molecule has 1 aromatic carbocycles. The summed E-state index contributed by atoms with van der Waals surface area (Å²) in [5, 5.41) is 6.10. The summed E-state index contributed by atoms with van der Waals surface area (Å²) >= 11 is 0. The largest absolute Gasteiger partial charge is 0.573 e. The van der Waals surface area contributed by atoms with Crippen molar-refractivity contribution in [3.8, 4) is 5.75 Å². The van der Waals surface area contributed by atoms with Crippen LogP contribution >= 0.6 is 0 Å². The summed E-state index contributed by atoms with van der Waals surface area (Å²) in [6.07, 6.45) is -4.82. The number of aryl methyl sites for hydroxylation is 1. The van der Waals surface area contributed by atoms with E-state index in [0.717, 1.165) is 22.9 Å². The minimum atomic E-state index is -4.82. The number of halogens is 3. The molecule has 1 N–H and O–H groups in total. The highest BCUT2D eigenvalue weighted by molar-refractivity contribution is 6.02. The molecule has 0 bridgehead atoms. The highest BCUT2D eigenvalue weighted by Gasteiger charge is 2.31. The molecule has 0 aliphatic rings. The van der Waals surface area contributed by atoms with Gasteiger partial charge in [0.15, 0.2) is 0 Å². The topological polar surface area (TPSA) is 73.2 Å². The molecule has 0 fully saturated rings. The molecule has 0 aliphatic heterocycles. The van der Waals surface area contributed by atoms with Crippen molar-refractivity contribution in [2.45, 2.75) is 6.36 Å². The molecule has 0 spiro atoms. The Kier molecular flexibility index (Phi) is 4.15. The van der Waals surface area contributed by atoms with E-state index in [1.165, 1.54) is 25.2 Å². The molecule has 1 heterocycles. The third kappa shape index (κ3) is 4.08. The number of amides is 1. The van der Waals surface area contributed by atoms with Crippen LogP contribution in [0.15, 0.2) is 41.2 Å². The van der Waals surface area contributed by atoms with Crippen LogP contribution in [0.5, 0.6) is 5.75 Å². The Labute approximate surface area is 122 Å². The minimum absolute atomic E-state index is 0.0516. The van der Waals surface area contributed by atoms with Crippen LogP contribution in [-0.4, -0.2) is 22.1 Å². The predicted octanol–water partition coefficient (Wildman–Crippen LogP) is 1.93. The second-order valence-corrected chi connectivity index (χ2v) is 4.21. The van der Waals surface area contributed by atoms with Crippen molar-refractivity contribution in [3.63, 3.8) is 0 Å². The summed E-state index contributed by atoms with van der Waals surface area (Å²) in [4.78, 5) is 23.1. The molecule has 22 heavy (non-hydrogen) atoms. The summed E-state index contributed by atoms with van der Waals surface area (Å²) in [6, 6.07) is 7.19. The maximum Gasteiger partial charge on any atom is 0.573 e. The van der Waals surface area contributed by atoms with Gasteiger partial charge in [-0.3, -0.25) is 9.59 Å². The summed E-state index contributed by atoms with van der Waals surface area (Å²) in [5.41, 5.74) is -0.344. The second-order valence-electron chi connectivity index (χ2n) is 4.21. The lowest BCUT2D eigenvalue weighted by Gasteiger charge is -2.10. The zero-order valence-corrected chi connectivity index (χ0v) is 11.2. The number of anilines is 1. The summed E-state index contributed by atoms with van der Waals surface area (Å²) < 4.78 is 41.1. The first kappa shape index (κ1) is 15.5. The number of rotatable bonds is 3. The van der Waals surface area contributed by atoms with E-state index >= 15 is 0 Å². The molecule has 0 aliphatic carbocycles. The molecule has 2 rings (SSSR count). The van der Waals surface area contributed by atoms with Crippen LogP contribution in [0.2, 0.25) is 0 Å². The van der Waals surface area contributed by atoms with E-state index in [1.54, 1.807) is 0 Å². The van der Waals surface area contributed by atoms with Gasteiger partial charge in [-0.1, -0.05) is 6.07 Å². The van der Waals surface area contributed by atoms with E-state index in [-0.39, 0.29) is 11.4 Å². The highest BCUT2D eigenvalue weighted by Crippen LogP contribution is 2.25. The number of ether oxygens (including phenoxy) is 1. The van der Waals surface area contributed by atoms with Crippen molar-refractivity contribution in [2.75, 3.05) is 5.32 Å². The fraction of sp³-hybridized carbons (Fsp3) is 0.154. The fourth-order valence-electron chi connectivity index (χ4n) is 1.59. The number of carbonyl (C=O) groups is 1. The lowest BCUT2D eigenvalue weighted by molar-refractivity contribution is -0.274. The molecule has 6 nitrogen and oxygen atoms in total. The van der Waals surface area contributed by atoms with Crippen molar-refractivity contribution in [1.29, 1.82) is 0 Å². The van der Waals surface area contributed by atoms with Gasteiger partial charge in [-0.2, -0.15) is 5.10 Å².